The molecule has 0 fully saturated rings. The molecule has 0 aliphatic rings. The van der Waals surface area contributed by atoms with Crippen LogP contribution in [0.15, 0.2) is 58.6 Å². The second-order valence-electron chi connectivity index (χ2n) is 7.39. The molecular formula is C21H25N5O4S2. The third kappa shape index (κ3) is 6.01. The monoisotopic (exact) mass is 475 g/mol. The second kappa shape index (κ2) is 10.0. The van der Waals surface area contributed by atoms with Crippen LogP contribution in [-0.4, -0.2) is 41.2 Å². The van der Waals surface area contributed by atoms with Gasteiger partial charge in [-0.2, -0.15) is 0 Å². The van der Waals surface area contributed by atoms with Crippen molar-refractivity contribution in [2.75, 3.05) is 23.2 Å². The lowest BCUT2D eigenvalue weighted by molar-refractivity contribution is -0.113. The van der Waals surface area contributed by atoms with Gasteiger partial charge in [-0.05, 0) is 35.7 Å². The van der Waals surface area contributed by atoms with Crippen LogP contribution in [0.5, 0.6) is 5.75 Å². The SMILES string of the molecule is CC(C)c1ccc(OCc2nnc(SCC(=O)Nc3ccccc3S(C)(=O)=O)n2N)cc1. The Morgan fingerprint density at radius 1 is 1.16 bits per heavy atom. The zero-order valence-electron chi connectivity index (χ0n) is 18.0. The van der Waals surface area contributed by atoms with Gasteiger partial charge in [-0.1, -0.05) is 49.9 Å². The maximum Gasteiger partial charge on any atom is 0.234 e. The first kappa shape index (κ1) is 23.6. The molecule has 9 nitrogen and oxygen atoms in total. The first-order chi connectivity index (χ1) is 15.1. The van der Waals surface area contributed by atoms with Gasteiger partial charge in [-0.25, -0.2) is 13.1 Å². The Balaban J connectivity index is 1.56. The smallest absolute Gasteiger partial charge is 0.234 e. The van der Waals surface area contributed by atoms with Crippen LogP contribution in [0.3, 0.4) is 0 Å². The maximum absolute atomic E-state index is 12.3. The third-order valence-electron chi connectivity index (χ3n) is 4.54. The normalized spacial score (nSPS) is 11.5. The number of nitrogen functional groups attached to an aromatic ring is 1. The molecule has 0 aliphatic heterocycles. The largest absolute Gasteiger partial charge is 0.486 e. The minimum absolute atomic E-state index is 0.0229. The van der Waals surface area contributed by atoms with Gasteiger partial charge in [0, 0.05) is 6.26 Å². The number of anilines is 1. The maximum atomic E-state index is 12.3. The van der Waals surface area contributed by atoms with Crippen LogP contribution in [0.4, 0.5) is 5.69 Å². The van der Waals surface area contributed by atoms with E-state index >= 15 is 0 Å². The Morgan fingerprint density at radius 2 is 1.84 bits per heavy atom. The first-order valence-corrected chi connectivity index (χ1v) is 12.7. The molecule has 3 rings (SSSR count). The van der Waals surface area contributed by atoms with E-state index in [2.05, 4.69) is 29.4 Å². The average Bonchev–Trinajstić information content (AvgIpc) is 3.10. The summed E-state index contributed by atoms with van der Waals surface area (Å²) in [6.07, 6.45) is 1.09. The van der Waals surface area contributed by atoms with E-state index in [0.29, 0.717) is 22.6 Å². The van der Waals surface area contributed by atoms with Gasteiger partial charge in [-0.3, -0.25) is 4.79 Å². The molecule has 0 bridgehead atoms. The summed E-state index contributed by atoms with van der Waals surface area (Å²) < 4.78 is 30.7. The molecular weight excluding hydrogens is 450 g/mol. The average molecular weight is 476 g/mol. The summed E-state index contributed by atoms with van der Waals surface area (Å²) in [7, 11) is -3.47. The van der Waals surface area contributed by atoms with Crippen LogP contribution < -0.4 is 15.9 Å². The van der Waals surface area contributed by atoms with E-state index in [1.165, 1.54) is 22.4 Å². The van der Waals surface area contributed by atoms with Gasteiger partial charge in [0.05, 0.1) is 16.3 Å². The number of aromatic nitrogens is 3. The summed E-state index contributed by atoms with van der Waals surface area (Å²) in [5, 5.41) is 11.0. The molecule has 32 heavy (non-hydrogen) atoms. The molecule has 1 heterocycles. The van der Waals surface area contributed by atoms with Gasteiger partial charge >= 0.3 is 0 Å². The molecule has 0 saturated carbocycles. The van der Waals surface area contributed by atoms with Crippen molar-refractivity contribution in [1.82, 2.24) is 14.9 Å². The van der Waals surface area contributed by atoms with Gasteiger partial charge < -0.3 is 15.9 Å². The Morgan fingerprint density at radius 3 is 2.50 bits per heavy atom. The molecule has 170 valence electrons. The zero-order chi connectivity index (χ0) is 23.3. The van der Waals surface area contributed by atoms with E-state index in [1.807, 2.05) is 24.3 Å². The van der Waals surface area contributed by atoms with Crippen molar-refractivity contribution in [3.05, 3.63) is 59.9 Å². The lowest BCUT2D eigenvalue weighted by Gasteiger charge is -2.10. The van der Waals surface area contributed by atoms with Crippen molar-refractivity contribution >= 4 is 33.2 Å². The Kier molecular flexibility index (Phi) is 7.41. The quantitative estimate of drug-likeness (QED) is 0.357. The zero-order valence-corrected chi connectivity index (χ0v) is 19.6. The van der Waals surface area contributed by atoms with E-state index in [9.17, 15) is 13.2 Å². The minimum atomic E-state index is -3.47. The highest BCUT2D eigenvalue weighted by molar-refractivity contribution is 7.99. The Hall–Kier alpha value is -3.05. The number of nitrogens with zero attached hydrogens (tertiary/aromatic N) is 3. The van der Waals surface area contributed by atoms with Crippen molar-refractivity contribution in [3.8, 4) is 5.75 Å². The van der Waals surface area contributed by atoms with E-state index in [-0.39, 0.29) is 22.9 Å². The molecule has 0 atom stereocenters. The number of nitrogens with two attached hydrogens (primary N) is 1. The summed E-state index contributed by atoms with van der Waals surface area (Å²) in [6.45, 7) is 4.37. The number of para-hydroxylation sites is 1. The number of amides is 1. The summed E-state index contributed by atoms with van der Waals surface area (Å²) in [5.74, 6) is 7.15. The number of benzene rings is 2. The van der Waals surface area contributed by atoms with Crippen LogP contribution in [-0.2, 0) is 21.2 Å². The molecule has 3 aromatic rings. The number of ether oxygens (including phenoxy) is 1. The lowest BCUT2D eigenvalue weighted by atomic mass is 10.0. The van der Waals surface area contributed by atoms with Gasteiger partial charge in [0.1, 0.15) is 12.4 Å². The molecule has 3 N–H and O–H groups in total. The van der Waals surface area contributed by atoms with Crippen molar-refractivity contribution in [2.45, 2.75) is 36.4 Å². The number of thioether (sulfide) groups is 1. The molecule has 0 unspecified atom stereocenters. The summed E-state index contributed by atoms with van der Waals surface area (Å²) >= 11 is 1.08. The van der Waals surface area contributed by atoms with Crippen LogP contribution in [0, 0.1) is 0 Å². The summed E-state index contributed by atoms with van der Waals surface area (Å²) in [4.78, 5) is 12.4. The molecule has 0 radical (unpaired) electrons. The topological polar surface area (TPSA) is 129 Å². The lowest BCUT2D eigenvalue weighted by Crippen LogP contribution is -2.19. The number of rotatable bonds is 9. The summed E-state index contributed by atoms with van der Waals surface area (Å²) in [5.41, 5.74) is 1.45. The Bertz CT molecular complexity index is 1190. The number of hydrogen-bond donors (Lipinski definition) is 2. The predicted molar refractivity (Wildman–Crippen MR) is 124 cm³/mol. The van der Waals surface area contributed by atoms with Crippen molar-refractivity contribution in [1.29, 1.82) is 0 Å². The van der Waals surface area contributed by atoms with Crippen molar-refractivity contribution in [2.24, 2.45) is 0 Å². The molecule has 11 heteroatoms. The van der Waals surface area contributed by atoms with Crippen LogP contribution in [0.2, 0.25) is 0 Å². The fourth-order valence-electron chi connectivity index (χ4n) is 2.81. The predicted octanol–water partition coefficient (Wildman–Crippen LogP) is 2.83. The fraction of sp³-hybridized carbons (Fsp3) is 0.286. The highest BCUT2D eigenvalue weighted by Gasteiger charge is 2.16. The van der Waals surface area contributed by atoms with E-state index in [4.69, 9.17) is 10.6 Å². The van der Waals surface area contributed by atoms with Crippen molar-refractivity contribution < 1.29 is 17.9 Å². The molecule has 2 aromatic carbocycles. The van der Waals surface area contributed by atoms with Gasteiger partial charge in [0.15, 0.2) is 15.7 Å². The highest BCUT2D eigenvalue weighted by atomic mass is 32.2. The number of hydrogen-bond acceptors (Lipinski definition) is 8. The number of carbonyl (C=O) groups is 1. The molecule has 1 aromatic heterocycles. The number of nitrogens with one attached hydrogen (secondary N) is 1. The van der Waals surface area contributed by atoms with Gasteiger partial charge in [-0.15, -0.1) is 10.2 Å². The van der Waals surface area contributed by atoms with Gasteiger partial charge in [0.2, 0.25) is 11.1 Å². The molecule has 0 spiro atoms. The van der Waals surface area contributed by atoms with Crippen LogP contribution >= 0.6 is 11.8 Å². The third-order valence-corrected chi connectivity index (χ3v) is 6.64. The second-order valence-corrected chi connectivity index (χ2v) is 10.3. The molecule has 0 aliphatic carbocycles. The molecule has 1 amide bonds. The number of sulfone groups is 1. The minimum Gasteiger partial charge on any atom is -0.486 e. The fourth-order valence-corrected chi connectivity index (χ4v) is 4.33. The van der Waals surface area contributed by atoms with Gasteiger partial charge in [0.25, 0.3) is 0 Å². The van der Waals surface area contributed by atoms with Crippen molar-refractivity contribution in [3.63, 3.8) is 0 Å². The van der Waals surface area contributed by atoms with E-state index in [1.54, 1.807) is 12.1 Å². The van der Waals surface area contributed by atoms with Crippen LogP contribution in [0.25, 0.3) is 0 Å². The first-order valence-electron chi connectivity index (χ1n) is 9.79. The summed E-state index contributed by atoms with van der Waals surface area (Å²) in [6, 6.07) is 14.0. The van der Waals surface area contributed by atoms with Crippen LogP contribution in [0.1, 0.15) is 31.2 Å². The highest BCUT2D eigenvalue weighted by Crippen LogP contribution is 2.22. The molecule has 0 saturated heterocycles. The number of carbonyl (C=O) groups excluding carboxylic acids is 1. The standard InChI is InChI=1S/C21H25N5O4S2/c1-14(2)15-8-10-16(11-9-15)30-12-19-24-25-21(26(19)22)31-13-20(27)23-17-6-4-5-7-18(17)32(3,28)29/h4-11,14H,12-13,22H2,1-3H3,(H,23,27). The van der Waals surface area contributed by atoms with E-state index < -0.39 is 15.7 Å². The van der Waals surface area contributed by atoms with E-state index in [0.717, 1.165) is 18.0 Å². The Labute approximate surface area is 191 Å².